The summed E-state index contributed by atoms with van der Waals surface area (Å²) in [6, 6.07) is 0. The summed E-state index contributed by atoms with van der Waals surface area (Å²) >= 11 is 7.42. The molecule has 0 rings (SSSR count). The molecule has 0 radical (unpaired) electrons. The second-order valence-corrected chi connectivity index (χ2v) is 5.05. The molecule has 0 unspecified atom stereocenters. The normalized spacial score (nSPS) is 11.1. The SMILES string of the molecule is C=CCSCCNC(=O)C(C)(C)CCl. The molecule has 0 aliphatic carbocycles. The summed E-state index contributed by atoms with van der Waals surface area (Å²) in [5, 5.41) is 2.85. The van der Waals surface area contributed by atoms with Crippen LogP contribution in [0.15, 0.2) is 12.7 Å². The Balaban J connectivity index is 3.59. The lowest BCUT2D eigenvalue weighted by atomic mass is 9.95. The van der Waals surface area contributed by atoms with Crippen LogP contribution in [0.4, 0.5) is 0 Å². The zero-order chi connectivity index (χ0) is 11.0. The van der Waals surface area contributed by atoms with E-state index in [-0.39, 0.29) is 5.91 Å². The Morgan fingerprint density at radius 2 is 2.29 bits per heavy atom. The summed E-state index contributed by atoms with van der Waals surface area (Å²) in [6.07, 6.45) is 1.86. The molecule has 4 heteroatoms. The van der Waals surface area contributed by atoms with E-state index < -0.39 is 5.41 Å². The van der Waals surface area contributed by atoms with Crippen molar-refractivity contribution in [1.82, 2.24) is 5.32 Å². The number of hydrogen-bond donors (Lipinski definition) is 1. The van der Waals surface area contributed by atoms with Gasteiger partial charge in [-0.25, -0.2) is 0 Å². The Kier molecular flexibility index (Phi) is 7.11. The number of carbonyl (C=O) groups is 1. The molecular formula is C10H18ClNOS. The lowest BCUT2D eigenvalue weighted by Gasteiger charge is -2.20. The Labute approximate surface area is 95.5 Å². The van der Waals surface area contributed by atoms with E-state index >= 15 is 0 Å². The number of amides is 1. The number of carbonyl (C=O) groups excluding carboxylic acids is 1. The van der Waals surface area contributed by atoms with Crippen molar-refractivity contribution in [2.24, 2.45) is 5.41 Å². The third kappa shape index (κ3) is 5.55. The Morgan fingerprint density at radius 3 is 2.79 bits per heavy atom. The minimum atomic E-state index is -0.468. The molecule has 0 spiro atoms. The lowest BCUT2D eigenvalue weighted by molar-refractivity contribution is -0.128. The van der Waals surface area contributed by atoms with Crippen LogP contribution in [0.1, 0.15) is 13.8 Å². The van der Waals surface area contributed by atoms with E-state index in [1.54, 1.807) is 11.8 Å². The maximum atomic E-state index is 11.5. The summed E-state index contributed by atoms with van der Waals surface area (Å²) in [5.41, 5.74) is -0.468. The molecule has 0 aromatic heterocycles. The summed E-state index contributed by atoms with van der Waals surface area (Å²) < 4.78 is 0. The van der Waals surface area contributed by atoms with Crippen molar-refractivity contribution < 1.29 is 4.79 Å². The standard InChI is InChI=1S/C10H18ClNOS/c1-4-6-14-7-5-12-9(13)10(2,3)8-11/h4H,1,5-8H2,2-3H3,(H,12,13). The van der Waals surface area contributed by atoms with Gasteiger partial charge >= 0.3 is 0 Å². The first-order valence-electron chi connectivity index (χ1n) is 4.57. The molecule has 0 atom stereocenters. The van der Waals surface area contributed by atoms with Crippen LogP contribution in [0.2, 0.25) is 0 Å². The molecule has 0 heterocycles. The van der Waals surface area contributed by atoms with E-state index in [0.29, 0.717) is 12.4 Å². The van der Waals surface area contributed by atoms with Crippen molar-refractivity contribution in [2.45, 2.75) is 13.8 Å². The largest absolute Gasteiger partial charge is 0.355 e. The highest BCUT2D eigenvalue weighted by molar-refractivity contribution is 7.99. The maximum absolute atomic E-state index is 11.5. The van der Waals surface area contributed by atoms with Crippen molar-refractivity contribution in [1.29, 1.82) is 0 Å². The first-order chi connectivity index (χ1) is 6.54. The van der Waals surface area contributed by atoms with E-state index in [1.807, 2.05) is 19.9 Å². The molecular weight excluding hydrogens is 218 g/mol. The van der Waals surface area contributed by atoms with Gasteiger partial charge in [0, 0.05) is 23.9 Å². The van der Waals surface area contributed by atoms with Gasteiger partial charge in [0.2, 0.25) is 5.91 Å². The van der Waals surface area contributed by atoms with Gasteiger partial charge in [0.25, 0.3) is 0 Å². The Hall–Kier alpha value is -0.150. The Morgan fingerprint density at radius 1 is 1.64 bits per heavy atom. The monoisotopic (exact) mass is 235 g/mol. The number of alkyl halides is 1. The Bertz CT molecular complexity index is 195. The fourth-order valence-corrected chi connectivity index (χ4v) is 1.40. The fourth-order valence-electron chi connectivity index (χ4n) is 0.703. The van der Waals surface area contributed by atoms with Gasteiger partial charge in [-0.3, -0.25) is 4.79 Å². The zero-order valence-electron chi connectivity index (χ0n) is 8.81. The average Bonchev–Trinajstić information content (AvgIpc) is 2.17. The molecule has 82 valence electrons. The molecule has 1 amide bonds. The number of hydrogen-bond acceptors (Lipinski definition) is 2. The van der Waals surface area contributed by atoms with E-state index in [2.05, 4.69) is 11.9 Å². The van der Waals surface area contributed by atoms with Crippen molar-refractivity contribution in [3.63, 3.8) is 0 Å². The average molecular weight is 236 g/mol. The van der Waals surface area contributed by atoms with Crippen molar-refractivity contribution in [3.8, 4) is 0 Å². The van der Waals surface area contributed by atoms with E-state index in [9.17, 15) is 4.79 Å². The quantitative estimate of drug-likeness (QED) is 0.417. The molecule has 0 saturated carbocycles. The predicted octanol–water partition coefficient (Wildman–Crippen LogP) is 2.29. The number of rotatable bonds is 7. The highest BCUT2D eigenvalue weighted by atomic mass is 35.5. The third-order valence-electron chi connectivity index (χ3n) is 1.72. The molecule has 2 nitrogen and oxygen atoms in total. The van der Waals surface area contributed by atoms with Gasteiger partial charge in [0.15, 0.2) is 0 Å². The molecule has 0 aliphatic heterocycles. The van der Waals surface area contributed by atoms with E-state index in [0.717, 1.165) is 11.5 Å². The van der Waals surface area contributed by atoms with Crippen LogP contribution in [0, 0.1) is 5.41 Å². The van der Waals surface area contributed by atoms with Gasteiger partial charge in [0.05, 0.1) is 5.41 Å². The van der Waals surface area contributed by atoms with Crippen LogP contribution in [0.25, 0.3) is 0 Å². The molecule has 0 aromatic carbocycles. The summed E-state index contributed by atoms with van der Waals surface area (Å²) in [7, 11) is 0. The molecule has 0 aliphatic rings. The fraction of sp³-hybridized carbons (Fsp3) is 0.700. The van der Waals surface area contributed by atoms with Crippen molar-refractivity contribution >= 4 is 29.3 Å². The first-order valence-corrected chi connectivity index (χ1v) is 6.26. The van der Waals surface area contributed by atoms with Crippen LogP contribution in [-0.2, 0) is 4.79 Å². The van der Waals surface area contributed by atoms with Crippen LogP contribution < -0.4 is 5.32 Å². The highest BCUT2D eigenvalue weighted by Gasteiger charge is 2.25. The minimum absolute atomic E-state index is 0.0201. The third-order valence-corrected chi connectivity index (χ3v) is 3.35. The summed E-state index contributed by atoms with van der Waals surface area (Å²) in [5.74, 6) is 2.20. The zero-order valence-corrected chi connectivity index (χ0v) is 10.4. The molecule has 0 bridgehead atoms. The topological polar surface area (TPSA) is 29.1 Å². The number of halogens is 1. The van der Waals surface area contributed by atoms with E-state index in [1.165, 1.54) is 0 Å². The summed E-state index contributed by atoms with van der Waals surface area (Å²) in [6.45, 7) is 7.99. The van der Waals surface area contributed by atoms with Crippen LogP contribution in [-0.4, -0.2) is 29.8 Å². The summed E-state index contributed by atoms with van der Waals surface area (Å²) in [4.78, 5) is 11.5. The molecule has 1 N–H and O–H groups in total. The molecule has 0 saturated heterocycles. The van der Waals surface area contributed by atoms with Gasteiger partial charge in [-0.15, -0.1) is 18.2 Å². The van der Waals surface area contributed by atoms with Crippen LogP contribution in [0.3, 0.4) is 0 Å². The van der Waals surface area contributed by atoms with Crippen molar-refractivity contribution in [3.05, 3.63) is 12.7 Å². The van der Waals surface area contributed by atoms with Gasteiger partial charge in [-0.1, -0.05) is 6.08 Å². The number of thioether (sulfide) groups is 1. The van der Waals surface area contributed by atoms with Crippen molar-refractivity contribution in [2.75, 3.05) is 23.9 Å². The second-order valence-electron chi connectivity index (χ2n) is 3.64. The predicted molar refractivity (Wildman–Crippen MR) is 65.0 cm³/mol. The molecule has 14 heavy (non-hydrogen) atoms. The van der Waals surface area contributed by atoms with Crippen LogP contribution >= 0.6 is 23.4 Å². The van der Waals surface area contributed by atoms with E-state index in [4.69, 9.17) is 11.6 Å². The smallest absolute Gasteiger partial charge is 0.226 e. The van der Waals surface area contributed by atoms with Gasteiger partial charge < -0.3 is 5.32 Å². The second kappa shape index (κ2) is 7.18. The highest BCUT2D eigenvalue weighted by Crippen LogP contribution is 2.16. The lowest BCUT2D eigenvalue weighted by Crippen LogP contribution is -2.39. The molecule has 0 fully saturated rings. The van der Waals surface area contributed by atoms with Gasteiger partial charge in [-0.05, 0) is 13.8 Å². The first kappa shape index (κ1) is 13.8. The minimum Gasteiger partial charge on any atom is -0.355 e. The molecule has 0 aromatic rings. The number of nitrogens with one attached hydrogen (secondary N) is 1. The van der Waals surface area contributed by atoms with Gasteiger partial charge in [-0.2, -0.15) is 11.8 Å². The van der Waals surface area contributed by atoms with Crippen LogP contribution in [0.5, 0.6) is 0 Å². The maximum Gasteiger partial charge on any atom is 0.226 e. The van der Waals surface area contributed by atoms with Gasteiger partial charge in [0.1, 0.15) is 0 Å².